The molecule has 1 aromatic rings. The van der Waals surface area contributed by atoms with Crippen LogP contribution >= 0.6 is 0 Å². The van der Waals surface area contributed by atoms with Crippen molar-refractivity contribution in [3.05, 3.63) is 11.9 Å². The van der Waals surface area contributed by atoms with Crippen molar-refractivity contribution in [1.29, 1.82) is 0 Å². The van der Waals surface area contributed by atoms with Gasteiger partial charge in [0.1, 0.15) is 5.60 Å². The van der Waals surface area contributed by atoms with Crippen molar-refractivity contribution in [3.8, 4) is 0 Å². The Bertz CT molecular complexity index is 519. The van der Waals surface area contributed by atoms with Gasteiger partial charge in [0.05, 0.1) is 11.9 Å². The molecule has 0 spiro atoms. The van der Waals surface area contributed by atoms with Gasteiger partial charge in [0, 0.05) is 7.05 Å². The number of nitrogens with zero attached hydrogens (tertiary/aromatic N) is 2. The molecular weight excluding hydrogens is 279 g/mol. The molecule has 0 amide bonds. The summed E-state index contributed by atoms with van der Waals surface area (Å²) in [5.74, 6) is -2.10. The van der Waals surface area contributed by atoms with Crippen molar-refractivity contribution >= 4 is 11.9 Å². The number of aliphatic hydroxyl groups is 1. The number of carbonyl (C=O) groups is 1. The topological polar surface area (TPSA) is 90.4 Å². The van der Waals surface area contributed by atoms with Crippen LogP contribution in [0.3, 0.4) is 0 Å². The van der Waals surface area contributed by atoms with E-state index in [2.05, 4.69) is 9.72 Å². The molecule has 1 aromatic heterocycles. The Hall–Kier alpha value is -1.77. The summed E-state index contributed by atoms with van der Waals surface area (Å²) < 4.78 is 44.9. The fourth-order valence-corrected chi connectivity index (χ4v) is 1.48. The fourth-order valence-electron chi connectivity index (χ4n) is 1.48. The molecule has 0 fully saturated rings. The molecular formula is C11H16F3N3O3. The maximum Gasteiger partial charge on any atom is 0.434 e. The van der Waals surface area contributed by atoms with Crippen LogP contribution < -0.4 is 5.73 Å². The number of anilines is 1. The second-order valence-corrected chi connectivity index (χ2v) is 5.27. The first-order valence-corrected chi connectivity index (χ1v) is 5.61. The summed E-state index contributed by atoms with van der Waals surface area (Å²) in [6, 6.07) is 0. The quantitative estimate of drug-likeness (QED) is 0.797. The van der Waals surface area contributed by atoms with Crippen LogP contribution in [0, 0.1) is 0 Å². The lowest BCUT2D eigenvalue weighted by Crippen LogP contribution is -2.52. The minimum Gasteiger partial charge on any atom is -0.457 e. The van der Waals surface area contributed by atoms with Crippen LogP contribution in [-0.2, 0) is 22.2 Å². The molecule has 20 heavy (non-hydrogen) atoms. The monoisotopic (exact) mass is 295 g/mol. The van der Waals surface area contributed by atoms with Gasteiger partial charge >= 0.3 is 17.7 Å². The standard InChI is InChI=1S/C11H16F3N3O3/c1-9(2,3)20-7(18)10(19,11(12,13)14)6-5-16-8(15)17(6)4/h5,19H,1-4H3,(H2,15,16). The predicted molar refractivity (Wildman–Crippen MR) is 63.4 cm³/mol. The van der Waals surface area contributed by atoms with Crippen LogP contribution in [-0.4, -0.2) is 32.4 Å². The van der Waals surface area contributed by atoms with E-state index in [1.807, 2.05) is 0 Å². The Morgan fingerprint density at radius 3 is 2.20 bits per heavy atom. The molecule has 114 valence electrons. The number of carbonyl (C=O) groups excluding carboxylic acids is 1. The summed E-state index contributed by atoms with van der Waals surface area (Å²) in [4.78, 5) is 15.3. The molecule has 0 saturated carbocycles. The first-order chi connectivity index (χ1) is 8.80. The second-order valence-electron chi connectivity index (χ2n) is 5.27. The van der Waals surface area contributed by atoms with Crippen molar-refractivity contribution in [3.63, 3.8) is 0 Å². The van der Waals surface area contributed by atoms with Crippen LogP contribution in [0.1, 0.15) is 26.5 Å². The number of alkyl halides is 3. The molecule has 1 heterocycles. The number of nitrogen functional groups attached to an aromatic ring is 1. The third-order valence-corrected chi connectivity index (χ3v) is 2.50. The zero-order chi connectivity index (χ0) is 15.9. The van der Waals surface area contributed by atoms with Gasteiger partial charge in [-0.1, -0.05) is 0 Å². The first-order valence-electron chi connectivity index (χ1n) is 5.61. The van der Waals surface area contributed by atoms with Gasteiger partial charge in [0.2, 0.25) is 0 Å². The molecule has 1 rings (SSSR count). The van der Waals surface area contributed by atoms with Crippen molar-refractivity contribution < 1.29 is 27.8 Å². The number of rotatable bonds is 2. The van der Waals surface area contributed by atoms with Gasteiger partial charge < -0.3 is 20.1 Å². The van der Waals surface area contributed by atoms with Gasteiger partial charge in [-0.3, -0.25) is 0 Å². The maximum atomic E-state index is 13.2. The maximum absolute atomic E-state index is 13.2. The van der Waals surface area contributed by atoms with E-state index in [1.165, 1.54) is 20.8 Å². The Labute approximate surface area is 113 Å². The Morgan fingerprint density at radius 2 is 1.90 bits per heavy atom. The molecule has 1 unspecified atom stereocenters. The molecule has 0 aliphatic rings. The lowest BCUT2D eigenvalue weighted by Gasteiger charge is -2.31. The molecule has 6 nitrogen and oxygen atoms in total. The van der Waals surface area contributed by atoms with E-state index in [9.17, 15) is 23.1 Å². The zero-order valence-corrected chi connectivity index (χ0v) is 11.4. The van der Waals surface area contributed by atoms with Gasteiger partial charge in [-0.25, -0.2) is 9.78 Å². The van der Waals surface area contributed by atoms with Crippen molar-refractivity contribution in [2.24, 2.45) is 7.05 Å². The third-order valence-electron chi connectivity index (χ3n) is 2.50. The molecule has 0 aliphatic heterocycles. The Morgan fingerprint density at radius 1 is 1.40 bits per heavy atom. The van der Waals surface area contributed by atoms with Crippen molar-refractivity contribution in [2.45, 2.75) is 38.1 Å². The van der Waals surface area contributed by atoms with E-state index in [0.29, 0.717) is 6.20 Å². The normalized spacial score (nSPS) is 15.8. The van der Waals surface area contributed by atoms with Crippen molar-refractivity contribution in [1.82, 2.24) is 9.55 Å². The minimum atomic E-state index is -5.28. The van der Waals surface area contributed by atoms with Gasteiger partial charge in [0.25, 0.3) is 0 Å². The first kappa shape index (κ1) is 16.3. The van der Waals surface area contributed by atoms with Gasteiger partial charge in [-0.15, -0.1) is 0 Å². The summed E-state index contributed by atoms with van der Waals surface area (Å²) >= 11 is 0. The fraction of sp³-hybridized carbons (Fsp3) is 0.636. The van der Waals surface area contributed by atoms with Crippen molar-refractivity contribution in [2.75, 3.05) is 5.73 Å². The average Bonchev–Trinajstić information content (AvgIpc) is 2.54. The number of nitrogens with two attached hydrogens (primary N) is 1. The average molecular weight is 295 g/mol. The molecule has 0 aliphatic carbocycles. The smallest absolute Gasteiger partial charge is 0.434 e. The third kappa shape index (κ3) is 2.72. The van der Waals surface area contributed by atoms with Crippen LogP contribution in [0.4, 0.5) is 19.1 Å². The molecule has 0 aromatic carbocycles. The van der Waals surface area contributed by atoms with Crippen LogP contribution in [0.5, 0.6) is 0 Å². The largest absolute Gasteiger partial charge is 0.457 e. The van der Waals surface area contributed by atoms with Gasteiger partial charge in [-0.05, 0) is 20.8 Å². The van der Waals surface area contributed by atoms with E-state index in [4.69, 9.17) is 5.73 Å². The number of esters is 1. The molecule has 1 atom stereocenters. The summed E-state index contributed by atoms with van der Waals surface area (Å²) in [6.45, 7) is 4.16. The van der Waals surface area contributed by atoms with E-state index in [-0.39, 0.29) is 5.95 Å². The Balaban J connectivity index is 3.39. The number of halogens is 3. The number of ether oxygens (including phenoxy) is 1. The highest BCUT2D eigenvalue weighted by Crippen LogP contribution is 2.41. The molecule has 9 heteroatoms. The lowest BCUT2D eigenvalue weighted by atomic mass is 9.99. The van der Waals surface area contributed by atoms with Crippen LogP contribution in [0.2, 0.25) is 0 Å². The van der Waals surface area contributed by atoms with Gasteiger partial charge in [0.15, 0.2) is 5.95 Å². The lowest BCUT2D eigenvalue weighted by molar-refractivity contribution is -0.273. The van der Waals surface area contributed by atoms with E-state index < -0.39 is 29.0 Å². The van der Waals surface area contributed by atoms with E-state index >= 15 is 0 Å². The number of hydrogen-bond acceptors (Lipinski definition) is 5. The summed E-state index contributed by atoms with van der Waals surface area (Å²) in [7, 11) is 1.15. The van der Waals surface area contributed by atoms with Crippen LogP contribution in [0.25, 0.3) is 0 Å². The predicted octanol–water partition coefficient (Wildman–Crippen LogP) is 1.09. The molecule has 3 N–H and O–H groups in total. The summed E-state index contributed by atoms with van der Waals surface area (Å²) in [5, 5.41) is 9.93. The van der Waals surface area contributed by atoms with E-state index in [1.54, 1.807) is 0 Å². The zero-order valence-electron chi connectivity index (χ0n) is 11.4. The number of imidazole rings is 1. The molecule has 0 radical (unpaired) electrons. The second kappa shape index (κ2) is 4.65. The van der Waals surface area contributed by atoms with Gasteiger partial charge in [-0.2, -0.15) is 13.2 Å². The van der Waals surface area contributed by atoms with E-state index in [0.717, 1.165) is 11.6 Å². The highest BCUT2D eigenvalue weighted by molar-refractivity contribution is 5.82. The number of hydrogen-bond donors (Lipinski definition) is 2. The molecule has 0 bridgehead atoms. The SMILES string of the molecule is Cn1c(C(O)(C(=O)OC(C)(C)C)C(F)(F)F)cnc1N. The Kier molecular flexibility index (Phi) is 3.79. The van der Waals surface area contributed by atoms with Crippen LogP contribution in [0.15, 0.2) is 6.20 Å². The highest BCUT2D eigenvalue weighted by atomic mass is 19.4. The highest BCUT2D eigenvalue weighted by Gasteiger charge is 2.64. The summed E-state index contributed by atoms with van der Waals surface area (Å²) in [5.41, 5.74) is -0.507. The minimum absolute atomic E-state index is 0.272. The molecule has 0 saturated heterocycles. The number of aromatic nitrogens is 2. The summed E-state index contributed by atoms with van der Waals surface area (Å²) in [6.07, 6.45) is -4.59.